The van der Waals surface area contributed by atoms with Crippen molar-refractivity contribution in [2.45, 2.75) is 24.9 Å². The summed E-state index contributed by atoms with van der Waals surface area (Å²) in [5, 5.41) is 41.8. The molecule has 2 aromatic rings. The van der Waals surface area contributed by atoms with E-state index >= 15 is 0 Å². The molecule has 0 bridgehead atoms. The zero-order chi connectivity index (χ0) is 20.9. The molecule has 2 aromatic carbocycles. The maximum absolute atomic E-state index is 13.0. The fourth-order valence-electron chi connectivity index (χ4n) is 3.24. The van der Waals surface area contributed by atoms with Crippen LogP contribution in [0.1, 0.15) is 35.3 Å². The van der Waals surface area contributed by atoms with E-state index in [0.29, 0.717) is 5.56 Å². The van der Waals surface area contributed by atoms with Crippen LogP contribution in [0, 0.1) is 0 Å². The molecular formula is C21H22O7. The van der Waals surface area contributed by atoms with E-state index in [4.69, 9.17) is 9.47 Å². The van der Waals surface area contributed by atoms with Gasteiger partial charge in [-0.1, -0.05) is 19.9 Å². The molecule has 0 spiro atoms. The Morgan fingerprint density at radius 3 is 2.50 bits per heavy atom. The smallest absolute Gasteiger partial charge is 0.206 e. The Morgan fingerprint density at radius 2 is 1.89 bits per heavy atom. The summed E-state index contributed by atoms with van der Waals surface area (Å²) in [6.45, 7) is 6.88. The van der Waals surface area contributed by atoms with E-state index < -0.39 is 34.9 Å². The number of phenols is 3. The second-order valence-corrected chi connectivity index (χ2v) is 7.29. The van der Waals surface area contributed by atoms with Crippen LogP contribution in [0.4, 0.5) is 0 Å². The summed E-state index contributed by atoms with van der Waals surface area (Å²) in [6, 6.07) is 5.29. The zero-order valence-electron chi connectivity index (χ0n) is 15.8. The van der Waals surface area contributed by atoms with E-state index in [1.807, 2.05) is 0 Å². The SMILES string of the molecule is C=CC(C)(C)c1cc(C2(O)COc3cc(O)ccc3C2=O)c(O)c(O)c1OC. The minimum atomic E-state index is -2.25. The molecule has 0 amide bonds. The minimum absolute atomic E-state index is 0.0178. The van der Waals surface area contributed by atoms with Crippen LogP contribution in [0.5, 0.6) is 28.7 Å². The van der Waals surface area contributed by atoms with Crippen LogP contribution in [0.15, 0.2) is 36.9 Å². The average molecular weight is 386 g/mol. The van der Waals surface area contributed by atoms with Gasteiger partial charge < -0.3 is 29.9 Å². The molecule has 4 N–H and O–H groups in total. The molecule has 1 heterocycles. The quantitative estimate of drug-likeness (QED) is 0.471. The number of carbonyl (C=O) groups is 1. The molecule has 1 unspecified atom stereocenters. The summed E-state index contributed by atoms with van der Waals surface area (Å²) in [5.74, 6) is -1.94. The molecule has 0 saturated carbocycles. The number of methoxy groups -OCH3 is 1. The van der Waals surface area contributed by atoms with Crippen molar-refractivity contribution in [1.82, 2.24) is 0 Å². The summed E-state index contributed by atoms with van der Waals surface area (Å²) in [5.41, 5.74) is -2.69. The largest absolute Gasteiger partial charge is 0.508 e. The molecule has 0 radical (unpaired) electrons. The lowest BCUT2D eigenvalue weighted by Gasteiger charge is -2.34. The number of ether oxygens (including phenoxy) is 2. The van der Waals surface area contributed by atoms with Gasteiger partial charge in [0.05, 0.1) is 12.7 Å². The van der Waals surface area contributed by atoms with Gasteiger partial charge in [0.25, 0.3) is 0 Å². The molecule has 0 fully saturated rings. The summed E-state index contributed by atoms with van der Waals surface area (Å²) in [4.78, 5) is 13.0. The highest BCUT2D eigenvalue weighted by Crippen LogP contribution is 2.50. The van der Waals surface area contributed by atoms with Crippen molar-refractivity contribution in [3.8, 4) is 28.7 Å². The third-order valence-electron chi connectivity index (χ3n) is 5.10. The van der Waals surface area contributed by atoms with Gasteiger partial charge in [-0.2, -0.15) is 0 Å². The first-order valence-electron chi connectivity index (χ1n) is 8.57. The summed E-state index contributed by atoms with van der Waals surface area (Å²) in [6.07, 6.45) is 1.62. The number of allylic oxidation sites excluding steroid dienone is 1. The highest BCUT2D eigenvalue weighted by molar-refractivity contribution is 6.06. The third kappa shape index (κ3) is 2.75. The highest BCUT2D eigenvalue weighted by Gasteiger charge is 2.47. The maximum atomic E-state index is 13.0. The topological polar surface area (TPSA) is 116 Å². The molecule has 1 aliphatic rings. The van der Waals surface area contributed by atoms with Crippen molar-refractivity contribution in [3.63, 3.8) is 0 Å². The average Bonchev–Trinajstić information content (AvgIpc) is 2.66. The van der Waals surface area contributed by atoms with Crippen molar-refractivity contribution in [2.75, 3.05) is 13.7 Å². The predicted octanol–water partition coefficient (Wildman–Crippen LogP) is 2.74. The van der Waals surface area contributed by atoms with E-state index in [1.54, 1.807) is 19.9 Å². The molecule has 7 heteroatoms. The Hall–Kier alpha value is -3.19. The number of hydrogen-bond acceptors (Lipinski definition) is 7. The molecule has 1 atom stereocenters. The van der Waals surface area contributed by atoms with Crippen LogP contribution in [-0.4, -0.2) is 39.9 Å². The molecule has 0 aliphatic carbocycles. The van der Waals surface area contributed by atoms with Gasteiger partial charge in [0, 0.05) is 22.6 Å². The Bertz CT molecular complexity index is 977. The lowest BCUT2D eigenvalue weighted by molar-refractivity contribution is -0.00657. The van der Waals surface area contributed by atoms with Gasteiger partial charge >= 0.3 is 0 Å². The fourth-order valence-corrected chi connectivity index (χ4v) is 3.24. The number of ketones is 1. The van der Waals surface area contributed by atoms with Crippen LogP contribution in [0.2, 0.25) is 0 Å². The summed E-state index contributed by atoms with van der Waals surface area (Å²) >= 11 is 0. The highest BCUT2D eigenvalue weighted by atomic mass is 16.5. The number of rotatable bonds is 4. The molecule has 3 rings (SSSR count). The predicted molar refractivity (Wildman–Crippen MR) is 101 cm³/mol. The normalized spacial score (nSPS) is 18.9. The van der Waals surface area contributed by atoms with Gasteiger partial charge in [0.1, 0.15) is 18.1 Å². The van der Waals surface area contributed by atoms with Gasteiger partial charge in [0.15, 0.2) is 17.1 Å². The molecule has 1 aliphatic heterocycles. The first-order valence-corrected chi connectivity index (χ1v) is 8.57. The Morgan fingerprint density at radius 1 is 1.21 bits per heavy atom. The van der Waals surface area contributed by atoms with Crippen LogP contribution in [0.3, 0.4) is 0 Å². The van der Waals surface area contributed by atoms with Crippen LogP contribution in [0.25, 0.3) is 0 Å². The van der Waals surface area contributed by atoms with Gasteiger partial charge in [-0.15, -0.1) is 6.58 Å². The number of aromatic hydroxyl groups is 3. The van der Waals surface area contributed by atoms with E-state index in [-0.39, 0.29) is 28.4 Å². The Kier molecular flexibility index (Phi) is 4.51. The van der Waals surface area contributed by atoms with E-state index in [0.717, 1.165) is 0 Å². The molecule has 0 aromatic heterocycles. The summed E-state index contributed by atoms with van der Waals surface area (Å²) < 4.78 is 10.7. The van der Waals surface area contributed by atoms with E-state index in [2.05, 4.69) is 6.58 Å². The number of phenolic OH excluding ortho intramolecular Hbond substituents is 3. The standard InChI is InChI=1S/C21H22O7/c1-5-20(2,3)14-9-13(16(23)17(24)18(14)27-4)21(26)10-28-15-8-11(22)6-7-12(15)19(21)25/h5-9,22-24,26H,1,10H2,2-4H3. The second-order valence-electron chi connectivity index (χ2n) is 7.29. The van der Waals surface area contributed by atoms with Crippen LogP contribution < -0.4 is 9.47 Å². The van der Waals surface area contributed by atoms with Gasteiger partial charge in [-0.25, -0.2) is 0 Å². The molecular weight excluding hydrogens is 364 g/mol. The molecule has 7 nitrogen and oxygen atoms in total. The van der Waals surface area contributed by atoms with Crippen LogP contribution in [-0.2, 0) is 11.0 Å². The number of carbonyl (C=O) groups excluding carboxylic acids is 1. The van der Waals surface area contributed by atoms with Gasteiger partial charge in [-0.05, 0) is 18.2 Å². The zero-order valence-corrected chi connectivity index (χ0v) is 15.8. The first kappa shape index (κ1) is 19.6. The lowest BCUT2D eigenvalue weighted by Crippen LogP contribution is -2.45. The van der Waals surface area contributed by atoms with Crippen molar-refractivity contribution in [3.05, 3.63) is 53.6 Å². The lowest BCUT2D eigenvalue weighted by atomic mass is 9.78. The van der Waals surface area contributed by atoms with Crippen molar-refractivity contribution >= 4 is 5.78 Å². The molecule has 148 valence electrons. The van der Waals surface area contributed by atoms with E-state index in [1.165, 1.54) is 31.4 Å². The van der Waals surface area contributed by atoms with Crippen molar-refractivity contribution < 1.29 is 34.7 Å². The molecule has 0 saturated heterocycles. The summed E-state index contributed by atoms with van der Waals surface area (Å²) in [7, 11) is 1.34. The van der Waals surface area contributed by atoms with Gasteiger partial charge in [-0.3, -0.25) is 4.79 Å². The van der Waals surface area contributed by atoms with Gasteiger partial charge in [0.2, 0.25) is 11.5 Å². The number of benzene rings is 2. The van der Waals surface area contributed by atoms with E-state index in [9.17, 15) is 25.2 Å². The number of aliphatic hydroxyl groups is 1. The number of Topliss-reactive ketones (excluding diaryl/α,β-unsaturated/α-hetero) is 1. The second kappa shape index (κ2) is 6.45. The maximum Gasteiger partial charge on any atom is 0.206 e. The minimum Gasteiger partial charge on any atom is -0.508 e. The number of hydrogen-bond donors (Lipinski definition) is 4. The monoisotopic (exact) mass is 386 g/mol. The fraction of sp³-hybridized carbons (Fsp3) is 0.286. The molecule has 28 heavy (non-hydrogen) atoms. The third-order valence-corrected chi connectivity index (χ3v) is 5.10. The van der Waals surface area contributed by atoms with Crippen LogP contribution >= 0.6 is 0 Å². The Balaban J connectivity index is 2.25. The van der Waals surface area contributed by atoms with Crippen molar-refractivity contribution in [2.24, 2.45) is 0 Å². The van der Waals surface area contributed by atoms with Crippen molar-refractivity contribution in [1.29, 1.82) is 0 Å². The Labute approximate surface area is 162 Å². The first-order chi connectivity index (χ1) is 13.1. The number of fused-ring (bicyclic) bond motifs is 1.